The van der Waals surface area contributed by atoms with E-state index in [-0.39, 0.29) is 0 Å². The first-order valence-electron chi connectivity index (χ1n) is 4.26. The number of hydrogen-bond donors (Lipinski definition) is 0. The Morgan fingerprint density at radius 3 is 2.31 bits per heavy atom. The molecular weight excluding hydrogens is 287 g/mol. The summed E-state index contributed by atoms with van der Waals surface area (Å²) in [4.78, 5) is 8.79. The lowest BCUT2D eigenvalue weighted by atomic mass is 10.4. The maximum absolute atomic E-state index is 6.03. The molecule has 0 fully saturated rings. The second-order valence-corrected chi connectivity index (χ2v) is 5.07. The number of benzene rings is 1. The number of rotatable bonds is 2. The SMILES string of the molecule is Clc1cncc(Sc2c(Cl)cccc2Cl)n1. The summed E-state index contributed by atoms with van der Waals surface area (Å²) in [5, 5.41) is 2.16. The molecule has 82 valence electrons. The predicted octanol–water partition coefficient (Wildman–Crippen LogP) is 4.59. The molecule has 0 saturated heterocycles. The molecule has 2 rings (SSSR count). The Bertz CT molecular complexity index is 499. The van der Waals surface area contributed by atoms with Crippen molar-refractivity contribution in [2.24, 2.45) is 0 Å². The van der Waals surface area contributed by atoms with Gasteiger partial charge in [-0.25, -0.2) is 4.98 Å². The van der Waals surface area contributed by atoms with Gasteiger partial charge in [-0.3, -0.25) is 4.98 Å². The summed E-state index contributed by atoms with van der Waals surface area (Å²) in [6, 6.07) is 5.33. The van der Waals surface area contributed by atoms with Gasteiger partial charge in [0.2, 0.25) is 0 Å². The highest BCUT2D eigenvalue weighted by Gasteiger charge is 2.08. The first kappa shape index (κ1) is 12.0. The van der Waals surface area contributed by atoms with E-state index in [1.54, 1.807) is 24.4 Å². The average molecular weight is 292 g/mol. The maximum atomic E-state index is 6.03. The van der Waals surface area contributed by atoms with Crippen LogP contribution in [0.4, 0.5) is 0 Å². The fourth-order valence-electron chi connectivity index (χ4n) is 1.06. The van der Waals surface area contributed by atoms with E-state index in [9.17, 15) is 0 Å². The van der Waals surface area contributed by atoms with Crippen molar-refractivity contribution >= 4 is 46.6 Å². The summed E-state index contributed by atoms with van der Waals surface area (Å²) in [6.07, 6.45) is 3.08. The van der Waals surface area contributed by atoms with Crippen LogP contribution in [-0.4, -0.2) is 9.97 Å². The van der Waals surface area contributed by atoms with E-state index in [1.165, 1.54) is 18.0 Å². The van der Waals surface area contributed by atoms with Crippen molar-refractivity contribution in [1.29, 1.82) is 0 Å². The van der Waals surface area contributed by atoms with Crippen molar-refractivity contribution in [3.8, 4) is 0 Å². The van der Waals surface area contributed by atoms with E-state index in [1.807, 2.05) is 0 Å². The highest BCUT2D eigenvalue weighted by atomic mass is 35.5. The first-order chi connectivity index (χ1) is 7.66. The van der Waals surface area contributed by atoms with Crippen molar-refractivity contribution in [1.82, 2.24) is 9.97 Å². The standard InChI is InChI=1S/C10H5Cl3N2S/c11-6-2-1-3-7(12)10(6)16-9-5-14-4-8(13)15-9/h1-5H. The normalized spacial score (nSPS) is 10.4. The number of halogens is 3. The van der Waals surface area contributed by atoms with Crippen molar-refractivity contribution in [2.45, 2.75) is 9.92 Å². The quantitative estimate of drug-likeness (QED) is 0.809. The Hall–Kier alpha value is -0.480. The third-order valence-electron chi connectivity index (χ3n) is 1.71. The minimum atomic E-state index is 0.341. The molecule has 1 heterocycles. The van der Waals surface area contributed by atoms with E-state index in [2.05, 4.69) is 9.97 Å². The Morgan fingerprint density at radius 2 is 1.69 bits per heavy atom. The van der Waals surface area contributed by atoms with Gasteiger partial charge in [-0.2, -0.15) is 0 Å². The van der Waals surface area contributed by atoms with E-state index >= 15 is 0 Å². The molecule has 0 aliphatic carbocycles. The third kappa shape index (κ3) is 2.80. The Balaban J connectivity index is 2.34. The smallest absolute Gasteiger partial charge is 0.148 e. The van der Waals surface area contributed by atoms with E-state index in [0.29, 0.717) is 20.2 Å². The fourth-order valence-corrected chi connectivity index (χ4v) is 2.68. The highest BCUT2D eigenvalue weighted by Crippen LogP contribution is 2.37. The van der Waals surface area contributed by atoms with Crippen LogP contribution >= 0.6 is 46.6 Å². The summed E-state index contributed by atoms with van der Waals surface area (Å²) in [5.74, 6) is 0. The Kier molecular flexibility index (Phi) is 3.92. The predicted molar refractivity (Wildman–Crippen MR) is 67.6 cm³/mol. The molecule has 2 aromatic rings. The van der Waals surface area contributed by atoms with Gasteiger partial charge in [-0.05, 0) is 12.1 Å². The van der Waals surface area contributed by atoms with E-state index in [4.69, 9.17) is 34.8 Å². The average Bonchev–Trinajstić information content (AvgIpc) is 2.24. The Labute approximate surface area is 112 Å². The Morgan fingerprint density at radius 1 is 1.00 bits per heavy atom. The lowest BCUT2D eigenvalue weighted by Gasteiger charge is -2.05. The van der Waals surface area contributed by atoms with Crippen molar-refractivity contribution in [2.75, 3.05) is 0 Å². The van der Waals surface area contributed by atoms with Crippen molar-refractivity contribution in [3.05, 3.63) is 45.8 Å². The number of aromatic nitrogens is 2. The lowest BCUT2D eigenvalue weighted by Crippen LogP contribution is -1.84. The zero-order valence-electron chi connectivity index (χ0n) is 7.82. The topological polar surface area (TPSA) is 25.8 Å². The van der Waals surface area contributed by atoms with Crippen LogP contribution in [0.15, 0.2) is 40.5 Å². The summed E-state index contributed by atoms with van der Waals surface area (Å²) >= 11 is 19.1. The molecule has 0 unspecified atom stereocenters. The zero-order valence-corrected chi connectivity index (χ0v) is 10.9. The molecule has 1 aromatic carbocycles. The molecule has 0 saturated carbocycles. The molecule has 0 aliphatic rings. The lowest BCUT2D eigenvalue weighted by molar-refractivity contribution is 1.06. The van der Waals surface area contributed by atoms with E-state index < -0.39 is 0 Å². The minimum Gasteiger partial charge on any atom is -0.259 e. The summed E-state index contributed by atoms with van der Waals surface area (Å²) in [5.41, 5.74) is 0. The van der Waals surface area contributed by atoms with Crippen LogP contribution in [0.3, 0.4) is 0 Å². The van der Waals surface area contributed by atoms with Crippen molar-refractivity contribution < 1.29 is 0 Å². The molecular formula is C10H5Cl3N2S. The van der Waals surface area contributed by atoms with Gasteiger partial charge >= 0.3 is 0 Å². The second-order valence-electron chi connectivity index (χ2n) is 2.83. The van der Waals surface area contributed by atoms with Crippen LogP contribution in [0.1, 0.15) is 0 Å². The van der Waals surface area contributed by atoms with Crippen LogP contribution in [0, 0.1) is 0 Å². The first-order valence-corrected chi connectivity index (χ1v) is 6.21. The zero-order chi connectivity index (χ0) is 11.5. The number of nitrogens with zero attached hydrogens (tertiary/aromatic N) is 2. The van der Waals surface area contributed by atoms with Gasteiger partial charge in [0.1, 0.15) is 10.2 Å². The van der Waals surface area contributed by atoms with Gasteiger partial charge in [-0.15, -0.1) is 0 Å². The maximum Gasteiger partial charge on any atom is 0.148 e. The molecule has 1 aromatic heterocycles. The molecule has 16 heavy (non-hydrogen) atoms. The minimum absolute atomic E-state index is 0.341. The molecule has 0 aliphatic heterocycles. The van der Waals surface area contributed by atoms with Gasteiger partial charge in [0.15, 0.2) is 0 Å². The molecule has 0 radical (unpaired) electrons. The molecule has 0 atom stereocenters. The van der Waals surface area contributed by atoms with Gasteiger partial charge in [0, 0.05) is 0 Å². The molecule has 0 bridgehead atoms. The fraction of sp³-hybridized carbons (Fsp3) is 0. The summed E-state index contributed by atoms with van der Waals surface area (Å²) < 4.78 is 0. The summed E-state index contributed by atoms with van der Waals surface area (Å²) in [7, 11) is 0. The monoisotopic (exact) mass is 290 g/mol. The van der Waals surface area contributed by atoms with Gasteiger partial charge in [-0.1, -0.05) is 52.6 Å². The van der Waals surface area contributed by atoms with Crippen LogP contribution in [0.25, 0.3) is 0 Å². The van der Waals surface area contributed by atoms with Gasteiger partial charge in [0.25, 0.3) is 0 Å². The summed E-state index contributed by atoms with van der Waals surface area (Å²) in [6.45, 7) is 0. The van der Waals surface area contributed by atoms with Gasteiger partial charge < -0.3 is 0 Å². The molecule has 6 heteroatoms. The molecule has 0 spiro atoms. The van der Waals surface area contributed by atoms with Crippen molar-refractivity contribution in [3.63, 3.8) is 0 Å². The van der Waals surface area contributed by atoms with E-state index in [0.717, 1.165) is 4.90 Å². The third-order valence-corrected chi connectivity index (χ3v) is 3.79. The second kappa shape index (κ2) is 5.23. The molecule has 0 amide bonds. The molecule has 2 nitrogen and oxygen atoms in total. The number of hydrogen-bond acceptors (Lipinski definition) is 3. The van der Waals surface area contributed by atoms with Gasteiger partial charge in [0.05, 0.1) is 27.3 Å². The van der Waals surface area contributed by atoms with Crippen LogP contribution < -0.4 is 0 Å². The molecule has 0 N–H and O–H groups in total. The van der Waals surface area contributed by atoms with Crippen LogP contribution in [0.5, 0.6) is 0 Å². The largest absolute Gasteiger partial charge is 0.259 e. The van der Waals surface area contributed by atoms with Crippen LogP contribution in [-0.2, 0) is 0 Å². The highest BCUT2D eigenvalue weighted by molar-refractivity contribution is 7.99. The van der Waals surface area contributed by atoms with Crippen LogP contribution in [0.2, 0.25) is 15.2 Å².